The van der Waals surface area contributed by atoms with Crippen molar-refractivity contribution in [1.82, 2.24) is 0 Å². The predicted molar refractivity (Wildman–Crippen MR) is 65.3 cm³/mol. The number of aromatic carboxylic acids is 1. The number of benzene rings is 1. The largest absolute Gasteiger partial charge is 0.478 e. The summed E-state index contributed by atoms with van der Waals surface area (Å²) in [6, 6.07) is 3.11. The number of nitro benzene ring substituents is 1. The minimum absolute atomic E-state index is 0.0660. The molecule has 0 heterocycles. The third kappa shape index (κ3) is 3.95. The number of carbonyl (C=O) groups excluding carboxylic acids is 1. The van der Waals surface area contributed by atoms with Crippen LogP contribution in [0.5, 0.6) is 0 Å². The van der Waals surface area contributed by atoms with Crippen molar-refractivity contribution in [3.63, 3.8) is 0 Å². The van der Waals surface area contributed by atoms with Gasteiger partial charge in [0.1, 0.15) is 0 Å². The molecular formula is C11H12N2O6. The zero-order valence-electron chi connectivity index (χ0n) is 10.2. The molecule has 0 aliphatic rings. The van der Waals surface area contributed by atoms with Gasteiger partial charge in [-0.1, -0.05) is 0 Å². The second kappa shape index (κ2) is 5.80. The molecule has 0 saturated heterocycles. The van der Waals surface area contributed by atoms with E-state index in [-0.39, 0.29) is 23.0 Å². The van der Waals surface area contributed by atoms with E-state index in [1.807, 2.05) is 0 Å². The summed E-state index contributed by atoms with van der Waals surface area (Å²) in [6.07, 6.45) is -1.20. The monoisotopic (exact) mass is 268 g/mol. The first-order valence-electron chi connectivity index (χ1n) is 5.30. The van der Waals surface area contributed by atoms with Gasteiger partial charge in [-0.3, -0.25) is 15.4 Å². The molecule has 0 saturated carbocycles. The molecule has 0 atom stereocenters. The average Bonchev–Trinajstić information content (AvgIpc) is 2.27. The highest BCUT2D eigenvalue weighted by atomic mass is 16.6. The zero-order chi connectivity index (χ0) is 14.6. The van der Waals surface area contributed by atoms with Gasteiger partial charge in [0, 0.05) is 12.1 Å². The molecule has 0 spiro atoms. The zero-order valence-corrected chi connectivity index (χ0v) is 10.2. The van der Waals surface area contributed by atoms with Crippen LogP contribution in [0.2, 0.25) is 0 Å². The number of nitrogens with one attached hydrogen (secondary N) is 1. The van der Waals surface area contributed by atoms with Crippen molar-refractivity contribution in [3.05, 3.63) is 33.9 Å². The van der Waals surface area contributed by atoms with Crippen LogP contribution in [0.15, 0.2) is 18.2 Å². The number of nitrogens with zero attached hydrogens (tertiary/aromatic N) is 1. The van der Waals surface area contributed by atoms with E-state index >= 15 is 0 Å². The van der Waals surface area contributed by atoms with Gasteiger partial charge in [-0.2, -0.15) is 0 Å². The molecule has 0 fully saturated rings. The van der Waals surface area contributed by atoms with Gasteiger partial charge < -0.3 is 9.84 Å². The summed E-state index contributed by atoms with van der Waals surface area (Å²) < 4.78 is 4.79. The van der Waals surface area contributed by atoms with E-state index in [0.717, 1.165) is 18.2 Å². The maximum absolute atomic E-state index is 11.4. The van der Waals surface area contributed by atoms with Crippen molar-refractivity contribution in [2.24, 2.45) is 0 Å². The molecule has 1 rings (SSSR count). The molecule has 2 N–H and O–H groups in total. The molecule has 0 aliphatic carbocycles. The number of hydrogen-bond acceptors (Lipinski definition) is 5. The number of anilines is 1. The lowest BCUT2D eigenvalue weighted by Crippen LogP contribution is -2.19. The van der Waals surface area contributed by atoms with Gasteiger partial charge >= 0.3 is 12.1 Å². The standard InChI is InChI=1S/C11H12N2O6/c1-6(2)19-11(16)12-9-4-3-7(13(17)18)5-8(9)10(14)15/h3-6H,1-2H3,(H,12,16)(H,14,15). The molecule has 1 amide bonds. The normalized spacial score (nSPS) is 10.1. The Morgan fingerprint density at radius 2 is 2.05 bits per heavy atom. The molecular weight excluding hydrogens is 256 g/mol. The fraction of sp³-hybridized carbons (Fsp3) is 0.273. The molecule has 1 aromatic carbocycles. The van der Waals surface area contributed by atoms with Crippen LogP contribution in [0, 0.1) is 10.1 Å². The number of non-ortho nitro benzene ring substituents is 1. The number of carboxylic acid groups (broad SMARTS) is 1. The molecule has 19 heavy (non-hydrogen) atoms. The number of ether oxygens (including phenoxy) is 1. The smallest absolute Gasteiger partial charge is 0.411 e. The third-order valence-electron chi connectivity index (χ3n) is 2.02. The average molecular weight is 268 g/mol. The van der Waals surface area contributed by atoms with Crippen LogP contribution < -0.4 is 5.32 Å². The van der Waals surface area contributed by atoms with E-state index in [4.69, 9.17) is 9.84 Å². The fourth-order valence-corrected chi connectivity index (χ4v) is 1.29. The van der Waals surface area contributed by atoms with E-state index in [1.165, 1.54) is 0 Å². The van der Waals surface area contributed by atoms with Gasteiger partial charge in [0.15, 0.2) is 0 Å². The fourth-order valence-electron chi connectivity index (χ4n) is 1.29. The highest BCUT2D eigenvalue weighted by Gasteiger charge is 2.18. The van der Waals surface area contributed by atoms with E-state index in [9.17, 15) is 19.7 Å². The molecule has 8 heteroatoms. The molecule has 8 nitrogen and oxygen atoms in total. The van der Waals surface area contributed by atoms with E-state index in [2.05, 4.69) is 5.32 Å². The summed E-state index contributed by atoms with van der Waals surface area (Å²) in [5.41, 5.74) is -0.821. The van der Waals surface area contributed by atoms with Crippen LogP contribution in [0.4, 0.5) is 16.2 Å². The Morgan fingerprint density at radius 3 is 2.53 bits per heavy atom. The number of hydrogen-bond donors (Lipinski definition) is 2. The Balaban J connectivity index is 3.04. The number of amides is 1. The van der Waals surface area contributed by atoms with Crippen LogP contribution >= 0.6 is 0 Å². The van der Waals surface area contributed by atoms with Crippen molar-refractivity contribution < 1.29 is 24.4 Å². The Labute approximate surface area is 108 Å². The summed E-state index contributed by atoms with van der Waals surface area (Å²) in [4.78, 5) is 32.2. The SMILES string of the molecule is CC(C)OC(=O)Nc1ccc([N+](=O)[O-])cc1C(=O)O. The van der Waals surface area contributed by atoms with Gasteiger partial charge in [0.05, 0.1) is 22.3 Å². The number of carboxylic acids is 1. The maximum Gasteiger partial charge on any atom is 0.411 e. The van der Waals surface area contributed by atoms with E-state index < -0.39 is 17.0 Å². The molecule has 0 bridgehead atoms. The van der Waals surface area contributed by atoms with Crippen LogP contribution in [-0.4, -0.2) is 28.2 Å². The highest BCUT2D eigenvalue weighted by Crippen LogP contribution is 2.22. The van der Waals surface area contributed by atoms with Crippen LogP contribution in [0.3, 0.4) is 0 Å². The van der Waals surface area contributed by atoms with E-state index in [1.54, 1.807) is 13.8 Å². The van der Waals surface area contributed by atoms with Gasteiger partial charge in [0.25, 0.3) is 5.69 Å². The summed E-state index contributed by atoms with van der Waals surface area (Å²) in [6.45, 7) is 3.26. The summed E-state index contributed by atoms with van der Waals surface area (Å²) in [5, 5.41) is 21.7. The van der Waals surface area contributed by atoms with Crippen molar-refractivity contribution in [2.45, 2.75) is 20.0 Å². The highest BCUT2D eigenvalue weighted by molar-refractivity contribution is 5.99. The molecule has 0 unspecified atom stereocenters. The Hall–Kier alpha value is -2.64. The number of rotatable bonds is 4. The summed E-state index contributed by atoms with van der Waals surface area (Å²) in [5.74, 6) is -1.39. The summed E-state index contributed by atoms with van der Waals surface area (Å²) in [7, 11) is 0. The van der Waals surface area contributed by atoms with E-state index in [0.29, 0.717) is 0 Å². The molecule has 0 radical (unpaired) electrons. The minimum Gasteiger partial charge on any atom is -0.478 e. The van der Waals surface area contributed by atoms with Crippen molar-refractivity contribution >= 4 is 23.4 Å². The first-order chi connectivity index (χ1) is 8.81. The minimum atomic E-state index is -1.39. The molecule has 0 aromatic heterocycles. The Morgan fingerprint density at radius 1 is 1.42 bits per heavy atom. The lowest BCUT2D eigenvalue weighted by Gasteiger charge is -2.11. The van der Waals surface area contributed by atoms with Gasteiger partial charge in [0.2, 0.25) is 0 Å². The predicted octanol–water partition coefficient (Wildman–Crippen LogP) is 2.25. The first kappa shape index (κ1) is 14.4. The third-order valence-corrected chi connectivity index (χ3v) is 2.02. The lowest BCUT2D eigenvalue weighted by atomic mass is 10.1. The maximum atomic E-state index is 11.4. The molecule has 102 valence electrons. The molecule has 0 aliphatic heterocycles. The van der Waals surface area contributed by atoms with Crippen LogP contribution in [0.25, 0.3) is 0 Å². The lowest BCUT2D eigenvalue weighted by molar-refractivity contribution is -0.384. The molecule has 1 aromatic rings. The van der Waals surface area contributed by atoms with Crippen molar-refractivity contribution in [3.8, 4) is 0 Å². The summed E-state index contributed by atoms with van der Waals surface area (Å²) >= 11 is 0. The van der Waals surface area contributed by atoms with Crippen molar-refractivity contribution in [1.29, 1.82) is 0 Å². The van der Waals surface area contributed by atoms with Crippen molar-refractivity contribution in [2.75, 3.05) is 5.32 Å². The van der Waals surface area contributed by atoms with Crippen LogP contribution in [-0.2, 0) is 4.74 Å². The second-order valence-electron chi connectivity index (χ2n) is 3.87. The van der Waals surface area contributed by atoms with Crippen LogP contribution in [0.1, 0.15) is 24.2 Å². The Kier molecular flexibility index (Phi) is 4.41. The topological polar surface area (TPSA) is 119 Å². The van der Waals surface area contributed by atoms with Gasteiger partial charge in [-0.25, -0.2) is 9.59 Å². The first-order valence-corrected chi connectivity index (χ1v) is 5.30. The second-order valence-corrected chi connectivity index (χ2v) is 3.87. The quantitative estimate of drug-likeness (QED) is 0.638. The van der Waals surface area contributed by atoms with Gasteiger partial charge in [-0.15, -0.1) is 0 Å². The number of carbonyl (C=O) groups is 2. The van der Waals surface area contributed by atoms with Gasteiger partial charge in [-0.05, 0) is 19.9 Å². The Bertz CT molecular complexity index is 526. The number of nitro groups is 1.